The molecular formula is C26H24N6O2. The summed E-state index contributed by atoms with van der Waals surface area (Å²) in [6, 6.07) is 20.4. The lowest BCUT2D eigenvalue weighted by molar-refractivity contribution is -0.113. The Morgan fingerprint density at radius 3 is 2.65 bits per heavy atom. The number of rotatable bonds is 5. The van der Waals surface area contributed by atoms with Gasteiger partial charge in [-0.25, -0.2) is 4.68 Å². The fourth-order valence-corrected chi connectivity index (χ4v) is 4.10. The number of benzene rings is 2. The largest absolute Gasteiger partial charge is 0.495 e. The number of nitrogens with zero attached hydrogens (tertiary/aromatic N) is 4. The van der Waals surface area contributed by atoms with E-state index < -0.39 is 6.04 Å². The molecule has 0 saturated heterocycles. The highest BCUT2D eigenvalue weighted by molar-refractivity contribution is 6.06. The smallest absolute Gasteiger partial charge is 0.256 e. The van der Waals surface area contributed by atoms with Crippen LogP contribution >= 0.6 is 0 Å². The molecule has 8 nitrogen and oxygen atoms in total. The standard InChI is InChI=1S/C26H24N6O2/c1-16-9-8-10-18(15-16)24-30-26-28-17(2)22(23(32(26)31-24)20-12-6-7-14-27-20)25(33)29-19-11-4-5-13-21(19)34-3/h4-15,23H,1-3H3,(H,29,33)(H,28,30,31). The van der Waals surface area contributed by atoms with Crippen molar-refractivity contribution in [3.05, 3.63) is 95.5 Å². The van der Waals surface area contributed by atoms with Gasteiger partial charge >= 0.3 is 0 Å². The van der Waals surface area contributed by atoms with E-state index in [1.54, 1.807) is 30.1 Å². The van der Waals surface area contributed by atoms with Crippen molar-refractivity contribution >= 4 is 17.5 Å². The lowest BCUT2D eigenvalue weighted by Crippen LogP contribution is -2.32. The summed E-state index contributed by atoms with van der Waals surface area (Å²) in [6.07, 6.45) is 1.71. The Bertz CT molecular complexity index is 1390. The van der Waals surface area contributed by atoms with Crippen molar-refractivity contribution in [2.24, 2.45) is 0 Å². The number of para-hydroxylation sites is 2. The molecule has 1 aliphatic heterocycles. The zero-order valence-corrected chi connectivity index (χ0v) is 19.1. The van der Waals surface area contributed by atoms with Crippen molar-refractivity contribution in [3.63, 3.8) is 0 Å². The Kier molecular flexibility index (Phi) is 5.55. The first-order valence-electron chi connectivity index (χ1n) is 10.9. The van der Waals surface area contributed by atoms with Crippen LogP contribution < -0.4 is 15.4 Å². The Morgan fingerprint density at radius 1 is 1.06 bits per heavy atom. The maximum Gasteiger partial charge on any atom is 0.256 e. The molecule has 1 unspecified atom stereocenters. The summed E-state index contributed by atoms with van der Waals surface area (Å²) in [7, 11) is 1.57. The van der Waals surface area contributed by atoms with Crippen molar-refractivity contribution < 1.29 is 9.53 Å². The van der Waals surface area contributed by atoms with Crippen LogP contribution in [0.15, 0.2) is 84.2 Å². The molecule has 2 aromatic heterocycles. The third-order valence-corrected chi connectivity index (χ3v) is 5.70. The van der Waals surface area contributed by atoms with Crippen molar-refractivity contribution in [2.45, 2.75) is 19.9 Å². The molecule has 34 heavy (non-hydrogen) atoms. The molecule has 4 aromatic rings. The van der Waals surface area contributed by atoms with Crippen LogP contribution in [0, 0.1) is 6.92 Å². The Labute approximate surface area is 197 Å². The maximum atomic E-state index is 13.6. The van der Waals surface area contributed by atoms with Crippen LogP contribution in [0.4, 0.5) is 11.6 Å². The number of carbonyl (C=O) groups excluding carboxylic acids is 1. The van der Waals surface area contributed by atoms with Gasteiger partial charge in [-0.15, -0.1) is 5.10 Å². The lowest BCUT2D eigenvalue weighted by Gasteiger charge is -2.28. The normalized spacial score (nSPS) is 14.9. The van der Waals surface area contributed by atoms with Crippen molar-refractivity contribution in [3.8, 4) is 17.1 Å². The minimum absolute atomic E-state index is 0.275. The number of fused-ring (bicyclic) bond motifs is 1. The van der Waals surface area contributed by atoms with Crippen LogP contribution in [0.1, 0.15) is 24.2 Å². The lowest BCUT2D eigenvalue weighted by atomic mass is 9.98. The van der Waals surface area contributed by atoms with E-state index in [1.807, 2.05) is 68.4 Å². The number of amides is 1. The monoisotopic (exact) mass is 452 g/mol. The molecule has 1 amide bonds. The van der Waals surface area contributed by atoms with Gasteiger partial charge in [-0.05, 0) is 44.2 Å². The van der Waals surface area contributed by atoms with Gasteiger partial charge in [-0.2, -0.15) is 4.98 Å². The summed E-state index contributed by atoms with van der Waals surface area (Å²) >= 11 is 0. The maximum absolute atomic E-state index is 13.6. The highest BCUT2D eigenvalue weighted by Crippen LogP contribution is 2.36. The van der Waals surface area contributed by atoms with Gasteiger partial charge in [0, 0.05) is 17.5 Å². The number of pyridine rings is 1. The molecule has 0 aliphatic carbocycles. The summed E-state index contributed by atoms with van der Waals surface area (Å²) < 4.78 is 7.13. The van der Waals surface area contributed by atoms with Crippen LogP contribution in [-0.2, 0) is 4.79 Å². The van der Waals surface area contributed by atoms with Gasteiger partial charge in [0.25, 0.3) is 5.91 Å². The van der Waals surface area contributed by atoms with Crippen LogP contribution in [-0.4, -0.2) is 32.8 Å². The van der Waals surface area contributed by atoms with E-state index in [-0.39, 0.29) is 5.91 Å². The van der Waals surface area contributed by atoms with E-state index in [0.29, 0.717) is 40.2 Å². The molecule has 0 fully saturated rings. The van der Waals surface area contributed by atoms with E-state index in [0.717, 1.165) is 11.1 Å². The molecule has 0 saturated carbocycles. The number of allylic oxidation sites excluding steroid dienone is 1. The predicted molar refractivity (Wildman–Crippen MR) is 131 cm³/mol. The number of anilines is 2. The molecule has 0 radical (unpaired) electrons. The van der Waals surface area contributed by atoms with E-state index >= 15 is 0 Å². The fourth-order valence-electron chi connectivity index (χ4n) is 4.10. The van der Waals surface area contributed by atoms with Crippen molar-refractivity contribution in [1.82, 2.24) is 19.7 Å². The number of aryl methyl sites for hydroxylation is 1. The second kappa shape index (κ2) is 8.82. The van der Waals surface area contributed by atoms with Crippen LogP contribution in [0.3, 0.4) is 0 Å². The van der Waals surface area contributed by atoms with Gasteiger partial charge in [-0.3, -0.25) is 9.78 Å². The quantitative estimate of drug-likeness (QED) is 0.460. The average Bonchev–Trinajstić information content (AvgIpc) is 3.27. The Balaban J connectivity index is 1.59. The molecule has 2 aromatic carbocycles. The molecule has 5 rings (SSSR count). The predicted octanol–water partition coefficient (Wildman–Crippen LogP) is 4.58. The number of nitrogens with one attached hydrogen (secondary N) is 2. The Hall–Kier alpha value is -4.46. The van der Waals surface area contributed by atoms with Crippen LogP contribution in [0.25, 0.3) is 11.4 Å². The second-order valence-corrected chi connectivity index (χ2v) is 8.05. The van der Waals surface area contributed by atoms with Gasteiger partial charge in [0.05, 0.1) is 24.1 Å². The summed E-state index contributed by atoms with van der Waals surface area (Å²) in [5.41, 5.74) is 4.47. The minimum Gasteiger partial charge on any atom is -0.495 e. The van der Waals surface area contributed by atoms with Crippen molar-refractivity contribution in [2.75, 3.05) is 17.7 Å². The third-order valence-electron chi connectivity index (χ3n) is 5.70. The molecule has 0 spiro atoms. The molecule has 3 heterocycles. The molecule has 1 atom stereocenters. The first-order chi connectivity index (χ1) is 16.5. The van der Waals surface area contributed by atoms with E-state index in [1.165, 1.54) is 0 Å². The number of aromatic nitrogens is 4. The van der Waals surface area contributed by atoms with Crippen LogP contribution in [0.5, 0.6) is 5.75 Å². The molecule has 0 bridgehead atoms. The fraction of sp³-hybridized carbons (Fsp3) is 0.154. The van der Waals surface area contributed by atoms with E-state index in [2.05, 4.69) is 15.6 Å². The molecular weight excluding hydrogens is 428 g/mol. The average molecular weight is 453 g/mol. The first kappa shape index (κ1) is 21.4. The van der Waals surface area contributed by atoms with Gasteiger partial charge in [0.15, 0.2) is 5.82 Å². The highest BCUT2D eigenvalue weighted by atomic mass is 16.5. The van der Waals surface area contributed by atoms with Crippen molar-refractivity contribution in [1.29, 1.82) is 0 Å². The summed E-state index contributed by atoms with van der Waals surface area (Å²) in [4.78, 5) is 22.9. The first-order valence-corrected chi connectivity index (χ1v) is 10.9. The molecule has 8 heteroatoms. The topological polar surface area (TPSA) is 94.0 Å². The molecule has 2 N–H and O–H groups in total. The molecule has 170 valence electrons. The summed E-state index contributed by atoms with van der Waals surface area (Å²) in [5.74, 6) is 1.43. The Morgan fingerprint density at radius 2 is 1.88 bits per heavy atom. The summed E-state index contributed by atoms with van der Waals surface area (Å²) in [6.45, 7) is 3.89. The van der Waals surface area contributed by atoms with E-state index in [9.17, 15) is 4.79 Å². The van der Waals surface area contributed by atoms with Crippen LogP contribution in [0.2, 0.25) is 0 Å². The SMILES string of the molecule is COc1ccccc1NC(=O)C1=C(C)Nc2nc(-c3cccc(C)c3)nn2C1c1ccccn1. The third kappa shape index (κ3) is 3.90. The zero-order valence-electron chi connectivity index (χ0n) is 19.1. The number of ether oxygens (including phenoxy) is 1. The number of hydrogen-bond acceptors (Lipinski definition) is 6. The minimum atomic E-state index is -0.557. The van der Waals surface area contributed by atoms with Gasteiger partial charge < -0.3 is 15.4 Å². The van der Waals surface area contributed by atoms with E-state index in [4.69, 9.17) is 14.8 Å². The second-order valence-electron chi connectivity index (χ2n) is 8.05. The number of hydrogen-bond donors (Lipinski definition) is 2. The highest BCUT2D eigenvalue weighted by Gasteiger charge is 2.35. The molecule has 1 aliphatic rings. The zero-order chi connectivity index (χ0) is 23.7. The number of methoxy groups -OCH3 is 1. The van der Waals surface area contributed by atoms with Gasteiger partial charge in [0.2, 0.25) is 5.95 Å². The number of carbonyl (C=O) groups is 1. The van der Waals surface area contributed by atoms with Gasteiger partial charge in [0.1, 0.15) is 11.8 Å². The summed E-state index contributed by atoms with van der Waals surface area (Å²) in [5, 5.41) is 11.0. The van der Waals surface area contributed by atoms with Gasteiger partial charge in [-0.1, -0.05) is 42.0 Å².